The second-order valence-corrected chi connectivity index (χ2v) is 15.5. The molecule has 0 aromatic heterocycles. The van der Waals surface area contributed by atoms with E-state index in [0.29, 0.717) is 31.2 Å². The molecule has 256 valence electrons. The van der Waals surface area contributed by atoms with E-state index in [0.717, 1.165) is 11.1 Å². The molecule has 0 saturated carbocycles. The van der Waals surface area contributed by atoms with Crippen LogP contribution in [0.2, 0.25) is 0 Å². The molecular weight excluding hydrogens is 631 g/mol. The zero-order valence-electron chi connectivity index (χ0n) is 27.8. The van der Waals surface area contributed by atoms with E-state index in [-0.39, 0.29) is 19.6 Å². The van der Waals surface area contributed by atoms with Crippen molar-refractivity contribution in [2.45, 2.75) is 71.3 Å². The number of nitrogens with zero attached hydrogens (tertiary/aromatic N) is 1. The van der Waals surface area contributed by atoms with Crippen LogP contribution >= 0.6 is 7.37 Å². The smallest absolute Gasteiger partial charge is 0.329 e. The molecule has 1 aliphatic heterocycles. The zero-order valence-corrected chi connectivity index (χ0v) is 28.7. The average molecular weight is 677 g/mol. The maximum absolute atomic E-state index is 14.9. The normalized spacial score (nSPS) is 16.4. The first-order valence-corrected chi connectivity index (χ1v) is 18.1. The molecule has 10 nitrogen and oxygen atoms in total. The van der Waals surface area contributed by atoms with Crippen LogP contribution < -0.4 is 5.32 Å². The van der Waals surface area contributed by atoms with Gasteiger partial charge in [0.15, 0.2) is 6.79 Å². The molecule has 1 N–H and O–H groups in total. The minimum atomic E-state index is -4.11. The third-order valence-corrected chi connectivity index (χ3v) is 10.7. The van der Waals surface area contributed by atoms with E-state index in [4.69, 9.17) is 14.0 Å². The fourth-order valence-electron chi connectivity index (χ4n) is 5.38. The summed E-state index contributed by atoms with van der Waals surface area (Å²) in [7, 11) is -4.11. The molecule has 0 bridgehead atoms. The number of hydrogen-bond donors (Lipinski definition) is 1. The lowest BCUT2D eigenvalue weighted by Crippen LogP contribution is -2.44. The van der Waals surface area contributed by atoms with Gasteiger partial charge in [0, 0.05) is 12.1 Å². The van der Waals surface area contributed by atoms with E-state index in [9.17, 15) is 23.7 Å². The van der Waals surface area contributed by atoms with E-state index in [2.05, 4.69) is 5.32 Å². The van der Waals surface area contributed by atoms with Crippen molar-refractivity contribution in [2.75, 3.05) is 19.5 Å². The summed E-state index contributed by atoms with van der Waals surface area (Å²) in [6.07, 6.45) is 1.73. The maximum atomic E-state index is 14.9. The zero-order chi connectivity index (χ0) is 34.6. The molecule has 3 aromatic carbocycles. The van der Waals surface area contributed by atoms with E-state index >= 15 is 0 Å². The van der Waals surface area contributed by atoms with Crippen LogP contribution in [0.4, 0.5) is 0 Å². The first kappa shape index (κ1) is 36.6. The summed E-state index contributed by atoms with van der Waals surface area (Å²) < 4.78 is 31.6. The van der Waals surface area contributed by atoms with Crippen molar-refractivity contribution in [3.8, 4) is 0 Å². The van der Waals surface area contributed by atoms with Gasteiger partial charge in [-0.05, 0) is 76.1 Å². The number of aryl methyl sites for hydroxylation is 1. The van der Waals surface area contributed by atoms with Gasteiger partial charge in [-0.15, -0.1) is 0 Å². The molecule has 11 heteroatoms. The Bertz CT molecular complexity index is 1560. The predicted octanol–water partition coefficient (Wildman–Crippen LogP) is 6.34. The lowest BCUT2D eigenvalue weighted by atomic mass is 9.98. The molecule has 48 heavy (non-hydrogen) atoms. The third kappa shape index (κ3) is 10.6. The molecule has 0 spiro atoms. The van der Waals surface area contributed by atoms with E-state index in [1.165, 1.54) is 4.90 Å². The molecule has 3 atom stereocenters. The van der Waals surface area contributed by atoms with Crippen molar-refractivity contribution >= 4 is 31.1 Å². The molecule has 3 aromatic rings. The lowest BCUT2D eigenvalue weighted by Gasteiger charge is -2.31. The van der Waals surface area contributed by atoms with Gasteiger partial charge in [0.25, 0.3) is 5.91 Å². The highest BCUT2D eigenvalue weighted by molar-refractivity contribution is 7.60. The minimum absolute atomic E-state index is 0.0635. The Kier molecular flexibility index (Phi) is 13.1. The van der Waals surface area contributed by atoms with Crippen LogP contribution in [0.1, 0.15) is 67.9 Å². The van der Waals surface area contributed by atoms with Gasteiger partial charge in [0.1, 0.15) is 24.6 Å². The summed E-state index contributed by atoms with van der Waals surface area (Å²) in [5.41, 5.74) is 1.38. The van der Waals surface area contributed by atoms with Crippen molar-refractivity contribution in [1.82, 2.24) is 10.2 Å². The van der Waals surface area contributed by atoms with Crippen molar-refractivity contribution in [3.05, 3.63) is 108 Å². The second-order valence-electron chi connectivity index (χ2n) is 12.9. The molecular formula is C37H45N2O8P. The quantitative estimate of drug-likeness (QED) is 0.112. The number of rotatable bonds is 15. The second kappa shape index (κ2) is 17.2. The van der Waals surface area contributed by atoms with Gasteiger partial charge in [-0.3, -0.25) is 23.5 Å². The van der Waals surface area contributed by atoms with Gasteiger partial charge >= 0.3 is 11.9 Å². The predicted molar refractivity (Wildman–Crippen MR) is 182 cm³/mol. The lowest BCUT2D eigenvalue weighted by molar-refractivity contribution is -0.159. The molecule has 0 radical (unpaired) electrons. The first-order chi connectivity index (χ1) is 23.0. The van der Waals surface area contributed by atoms with Crippen LogP contribution in [0, 0.1) is 5.41 Å². The third-order valence-electron chi connectivity index (χ3n) is 8.09. The number of esters is 2. The number of likely N-dealkylation sites (tertiary alicyclic amines) is 1. The monoisotopic (exact) mass is 676 g/mol. The van der Waals surface area contributed by atoms with Gasteiger partial charge in [0.2, 0.25) is 13.3 Å². The molecule has 2 amide bonds. The molecule has 4 rings (SSSR count). The topological polar surface area (TPSA) is 128 Å². The fourth-order valence-corrected chi connectivity index (χ4v) is 7.55. The van der Waals surface area contributed by atoms with Crippen LogP contribution in [0.3, 0.4) is 0 Å². The van der Waals surface area contributed by atoms with Crippen LogP contribution in [0.15, 0.2) is 91.0 Å². The van der Waals surface area contributed by atoms with Gasteiger partial charge in [-0.2, -0.15) is 0 Å². The van der Waals surface area contributed by atoms with Gasteiger partial charge in [-0.1, -0.05) is 78.9 Å². The van der Waals surface area contributed by atoms with Gasteiger partial charge in [0.05, 0.1) is 5.41 Å². The standard InChI is InChI=1S/C37H45N2O8P/c1-37(2,3)36(43)46-27-47-48(44,26-33(40)39-24-14-22-31(39)35(42)45-25-29-17-9-5-10-18-29)32(23-13-19-28-15-7-4-8-16-28)38-34(41)30-20-11-6-12-21-30/h4-12,15-18,20-21,31-32H,13-14,19,22-27H2,1-3H3,(H,38,41)/t31-,32?,48?/m0/s1. The van der Waals surface area contributed by atoms with Crippen molar-refractivity contribution in [2.24, 2.45) is 5.41 Å². The van der Waals surface area contributed by atoms with Crippen LogP contribution in [-0.4, -0.2) is 60.0 Å². The number of carbonyl (C=O) groups is 4. The number of benzene rings is 3. The van der Waals surface area contributed by atoms with E-state index in [1.807, 2.05) is 60.7 Å². The number of amides is 2. The van der Waals surface area contributed by atoms with Crippen molar-refractivity contribution in [3.63, 3.8) is 0 Å². The number of carbonyl (C=O) groups excluding carboxylic acids is 4. The first-order valence-electron chi connectivity index (χ1n) is 16.3. The molecule has 1 saturated heterocycles. The highest BCUT2D eigenvalue weighted by Gasteiger charge is 2.43. The number of nitrogens with one attached hydrogen (secondary N) is 1. The van der Waals surface area contributed by atoms with Gasteiger partial charge < -0.3 is 19.7 Å². The van der Waals surface area contributed by atoms with E-state index in [1.54, 1.807) is 51.1 Å². The molecule has 1 fully saturated rings. The average Bonchev–Trinajstić information content (AvgIpc) is 3.58. The fraction of sp³-hybridized carbons (Fsp3) is 0.405. The molecule has 0 aliphatic carbocycles. The van der Waals surface area contributed by atoms with Crippen LogP contribution in [0.5, 0.6) is 0 Å². The number of hydrogen-bond acceptors (Lipinski definition) is 8. The van der Waals surface area contributed by atoms with Crippen LogP contribution in [-0.2, 0) is 46.0 Å². The Morgan fingerprint density at radius 2 is 1.48 bits per heavy atom. The Morgan fingerprint density at radius 1 is 0.875 bits per heavy atom. The highest BCUT2D eigenvalue weighted by Crippen LogP contribution is 2.53. The summed E-state index contributed by atoms with van der Waals surface area (Å²) in [6.45, 7) is 4.70. The SMILES string of the molecule is CC(C)(C)C(=O)OCOP(=O)(CC(=O)N1CCC[C@H]1C(=O)OCc1ccccc1)C(CCCc1ccccc1)NC(=O)c1ccccc1. The Balaban J connectivity index is 1.56. The summed E-state index contributed by atoms with van der Waals surface area (Å²) in [6, 6.07) is 26.6. The summed E-state index contributed by atoms with van der Waals surface area (Å²) in [4.78, 5) is 54.3. The molecule has 1 aliphatic rings. The maximum Gasteiger partial charge on any atom is 0.329 e. The van der Waals surface area contributed by atoms with Crippen LogP contribution in [0.25, 0.3) is 0 Å². The Hall–Kier alpha value is -4.27. The van der Waals surface area contributed by atoms with E-state index < -0.39 is 61.3 Å². The Labute approximate surface area is 282 Å². The summed E-state index contributed by atoms with van der Waals surface area (Å²) in [5, 5.41) is 2.87. The molecule has 1 heterocycles. The Morgan fingerprint density at radius 3 is 2.10 bits per heavy atom. The highest BCUT2D eigenvalue weighted by atomic mass is 31.2. The number of ether oxygens (including phenoxy) is 2. The molecule has 2 unspecified atom stereocenters. The van der Waals surface area contributed by atoms with Gasteiger partial charge in [-0.25, -0.2) is 4.79 Å². The largest absolute Gasteiger partial charge is 0.459 e. The summed E-state index contributed by atoms with van der Waals surface area (Å²) in [5.74, 6) is -3.25. The van der Waals surface area contributed by atoms with Crippen molar-refractivity contribution < 1.29 is 37.7 Å². The summed E-state index contributed by atoms with van der Waals surface area (Å²) >= 11 is 0. The minimum Gasteiger partial charge on any atom is -0.459 e. The van der Waals surface area contributed by atoms with Crippen molar-refractivity contribution in [1.29, 1.82) is 0 Å².